The summed E-state index contributed by atoms with van der Waals surface area (Å²) in [6.07, 6.45) is 1.06. The number of aryl methyl sites for hydroxylation is 4. The normalized spacial score (nSPS) is 11.4. The van der Waals surface area contributed by atoms with Crippen molar-refractivity contribution in [2.45, 2.75) is 81.4 Å². The average molecular weight is 606 g/mol. The summed E-state index contributed by atoms with van der Waals surface area (Å²) in [5.74, 6) is 3.15. The van der Waals surface area contributed by atoms with Crippen LogP contribution >= 0.6 is 0 Å². The van der Waals surface area contributed by atoms with E-state index in [1.807, 2.05) is 74.5 Å². The van der Waals surface area contributed by atoms with Crippen molar-refractivity contribution >= 4 is 0 Å². The molecule has 3 aromatic carbocycles. The maximum Gasteiger partial charge on any atom is 0.226 e. The fourth-order valence-electron chi connectivity index (χ4n) is 5.39. The molecule has 0 spiro atoms. The SMILES string of the molecule is C=C(C)O.Cc1cc(CN(Cc2nc(-c3ccccc3)oc2C)Cc2nc(-c3ccccc3)oc2C)cc(C)c1CC(C)(C)C. The molecule has 0 bridgehead atoms. The lowest BCUT2D eigenvalue weighted by Gasteiger charge is -2.24. The van der Waals surface area contributed by atoms with Crippen LogP contribution in [0.3, 0.4) is 0 Å². The Labute approximate surface area is 268 Å². The van der Waals surface area contributed by atoms with Gasteiger partial charge >= 0.3 is 0 Å². The molecule has 0 radical (unpaired) electrons. The number of aliphatic hydroxyl groups is 1. The average Bonchev–Trinajstić information content (AvgIpc) is 3.52. The summed E-state index contributed by atoms with van der Waals surface area (Å²) in [6, 6.07) is 24.8. The molecule has 6 nitrogen and oxygen atoms in total. The van der Waals surface area contributed by atoms with Crippen LogP contribution in [0, 0.1) is 33.1 Å². The van der Waals surface area contributed by atoms with Crippen LogP contribution in [0.5, 0.6) is 0 Å². The van der Waals surface area contributed by atoms with E-state index in [0.29, 0.717) is 24.9 Å². The number of rotatable bonds is 9. The van der Waals surface area contributed by atoms with E-state index >= 15 is 0 Å². The molecule has 236 valence electrons. The second-order valence-corrected chi connectivity index (χ2v) is 13.1. The van der Waals surface area contributed by atoms with E-state index < -0.39 is 0 Å². The third-order valence-electron chi connectivity index (χ3n) is 7.44. The summed E-state index contributed by atoms with van der Waals surface area (Å²) in [4.78, 5) is 12.2. The van der Waals surface area contributed by atoms with Gasteiger partial charge in [-0.2, -0.15) is 0 Å². The molecule has 6 heteroatoms. The molecule has 0 atom stereocenters. The number of nitrogens with zero attached hydrogens (tertiary/aromatic N) is 3. The van der Waals surface area contributed by atoms with Crippen molar-refractivity contribution in [3.8, 4) is 22.9 Å². The van der Waals surface area contributed by atoms with E-state index in [1.54, 1.807) is 0 Å². The molecular weight excluding hydrogens is 558 g/mol. The summed E-state index contributed by atoms with van der Waals surface area (Å²) >= 11 is 0. The van der Waals surface area contributed by atoms with Crippen molar-refractivity contribution in [1.82, 2.24) is 14.9 Å². The fraction of sp³-hybridized carbons (Fsp3) is 0.333. The topological polar surface area (TPSA) is 75.5 Å². The molecule has 0 unspecified atom stereocenters. The first kappa shape index (κ1) is 33.5. The second-order valence-electron chi connectivity index (χ2n) is 13.1. The third-order valence-corrected chi connectivity index (χ3v) is 7.44. The van der Waals surface area contributed by atoms with Gasteiger partial charge in [0.05, 0.1) is 17.1 Å². The number of hydrogen-bond acceptors (Lipinski definition) is 6. The first-order chi connectivity index (χ1) is 21.3. The molecule has 1 N–H and O–H groups in total. The van der Waals surface area contributed by atoms with E-state index in [0.717, 1.165) is 47.0 Å². The van der Waals surface area contributed by atoms with Gasteiger partial charge in [0.15, 0.2) is 0 Å². The first-order valence-electron chi connectivity index (χ1n) is 15.5. The van der Waals surface area contributed by atoms with E-state index in [-0.39, 0.29) is 11.2 Å². The van der Waals surface area contributed by atoms with Crippen LogP contribution in [0.15, 0.2) is 94.0 Å². The lowest BCUT2D eigenvalue weighted by atomic mass is 9.84. The zero-order valence-corrected chi connectivity index (χ0v) is 28.1. The minimum absolute atomic E-state index is 0.167. The van der Waals surface area contributed by atoms with Gasteiger partial charge in [0.2, 0.25) is 11.8 Å². The quantitative estimate of drug-likeness (QED) is 0.169. The maximum atomic E-state index is 7.86. The lowest BCUT2D eigenvalue weighted by Crippen LogP contribution is -2.24. The molecule has 5 aromatic rings. The molecule has 5 rings (SSSR count). The van der Waals surface area contributed by atoms with Gasteiger partial charge in [-0.15, -0.1) is 0 Å². The van der Waals surface area contributed by atoms with Crippen molar-refractivity contribution in [3.05, 3.63) is 130 Å². The summed E-state index contributed by atoms with van der Waals surface area (Å²) < 4.78 is 12.2. The van der Waals surface area contributed by atoms with Gasteiger partial charge in [0.1, 0.15) is 11.5 Å². The zero-order chi connectivity index (χ0) is 32.7. The minimum Gasteiger partial charge on any atom is -0.513 e. The molecule has 0 fully saturated rings. The molecule has 2 aromatic heterocycles. The highest BCUT2D eigenvalue weighted by molar-refractivity contribution is 5.54. The Balaban J connectivity index is 0.00000109. The minimum atomic E-state index is 0.167. The monoisotopic (exact) mass is 605 g/mol. The summed E-state index contributed by atoms with van der Waals surface area (Å²) in [7, 11) is 0. The number of aliphatic hydroxyl groups excluding tert-OH is 1. The molecule has 0 saturated carbocycles. The lowest BCUT2D eigenvalue weighted by molar-refractivity contribution is 0.239. The predicted octanol–water partition coefficient (Wildman–Crippen LogP) is 10.1. The third kappa shape index (κ3) is 9.53. The van der Waals surface area contributed by atoms with Crippen LogP contribution in [-0.4, -0.2) is 20.0 Å². The van der Waals surface area contributed by atoms with Gasteiger partial charge in [-0.25, -0.2) is 9.97 Å². The highest BCUT2D eigenvalue weighted by Gasteiger charge is 2.21. The van der Waals surface area contributed by atoms with Crippen molar-refractivity contribution in [2.75, 3.05) is 0 Å². The zero-order valence-electron chi connectivity index (χ0n) is 28.1. The molecule has 0 saturated heterocycles. The standard InChI is InChI=1S/C36H41N3O2.C3H6O/c1-24-18-28(19-25(2)31(24)20-36(5,6)7)21-39(22-32-26(3)40-34(37-32)29-14-10-8-11-15-29)23-33-27(4)41-35(38-33)30-16-12-9-13-17-30;1-3(2)4/h8-19H,20-23H2,1-7H3;4H,1H2,2H3. The van der Waals surface area contributed by atoms with Crippen molar-refractivity contribution in [2.24, 2.45) is 5.41 Å². The van der Waals surface area contributed by atoms with E-state index in [2.05, 4.69) is 58.2 Å². The predicted molar refractivity (Wildman–Crippen MR) is 183 cm³/mol. The van der Waals surface area contributed by atoms with Gasteiger partial charge < -0.3 is 13.9 Å². The van der Waals surface area contributed by atoms with E-state index in [4.69, 9.17) is 23.9 Å². The smallest absolute Gasteiger partial charge is 0.226 e. The van der Waals surface area contributed by atoms with Crippen LogP contribution in [0.1, 0.15) is 72.9 Å². The van der Waals surface area contributed by atoms with Gasteiger partial charge in [0, 0.05) is 30.8 Å². The molecule has 0 aliphatic carbocycles. The molecule has 0 amide bonds. The Bertz CT molecular complexity index is 1600. The number of aromatic nitrogens is 2. The van der Waals surface area contributed by atoms with E-state index in [9.17, 15) is 0 Å². The second kappa shape index (κ2) is 14.6. The fourth-order valence-corrected chi connectivity index (χ4v) is 5.39. The van der Waals surface area contributed by atoms with Crippen LogP contribution in [0.25, 0.3) is 22.9 Å². The Kier molecular flexibility index (Phi) is 10.8. The van der Waals surface area contributed by atoms with Gasteiger partial charge in [0.25, 0.3) is 0 Å². The highest BCUT2D eigenvalue weighted by Crippen LogP contribution is 2.29. The number of hydrogen-bond donors (Lipinski definition) is 1. The molecule has 2 heterocycles. The maximum absolute atomic E-state index is 7.86. The van der Waals surface area contributed by atoms with Crippen LogP contribution in [0.2, 0.25) is 0 Å². The van der Waals surface area contributed by atoms with Crippen molar-refractivity contribution in [1.29, 1.82) is 0 Å². The Morgan fingerprint density at radius 2 is 1.13 bits per heavy atom. The Morgan fingerprint density at radius 3 is 1.51 bits per heavy atom. The summed E-state index contributed by atoms with van der Waals surface area (Å²) in [5.41, 5.74) is 9.51. The highest BCUT2D eigenvalue weighted by atomic mass is 16.4. The van der Waals surface area contributed by atoms with Crippen LogP contribution in [-0.2, 0) is 26.1 Å². The van der Waals surface area contributed by atoms with Crippen molar-refractivity contribution < 1.29 is 13.9 Å². The van der Waals surface area contributed by atoms with Gasteiger partial charge in [-0.05, 0) is 93.0 Å². The largest absolute Gasteiger partial charge is 0.513 e. The number of benzene rings is 3. The summed E-state index contributed by atoms with van der Waals surface area (Å²) in [6.45, 7) is 22.0. The van der Waals surface area contributed by atoms with Crippen LogP contribution < -0.4 is 0 Å². The Morgan fingerprint density at radius 1 is 0.733 bits per heavy atom. The first-order valence-corrected chi connectivity index (χ1v) is 15.5. The van der Waals surface area contributed by atoms with Crippen molar-refractivity contribution in [3.63, 3.8) is 0 Å². The van der Waals surface area contributed by atoms with Gasteiger partial charge in [-0.3, -0.25) is 4.90 Å². The molecule has 0 aliphatic rings. The Hall–Kier alpha value is -4.42. The van der Waals surface area contributed by atoms with Crippen LogP contribution in [0.4, 0.5) is 0 Å². The number of allylic oxidation sites excluding steroid dienone is 1. The van der Waals surface area contributed by atoms with E-state index in [1.165, 1.54) is 29.2 Å². The molecular formula is C39H47N3O3. The molecule has 45 heavy (non-hydrogen) atoms. The number of oxazole rings is 2. The molecule has 0 aliphatic heterocycles. The van der Waals surface area contributed by atoms with Gasteiger partial charge in [-0.1, -0.05) is 75.9 Å². The summed E-state index contributed by atoms with van der Waals surface area (Å²) in [5, 5.41) is 7.86.